The number of alkyl halides is 2. The molecule has 0 aliphatic carbocycles. The molecule has 1 aromatic rings. The lowest BCUT2D eigenvalue weighted by Crippen LogP contribution is -2.49. The van der Waals surface area contributed by atoms with Gasteiger partial charge in [-0.1, -0.05) is 15.9 Å². The van der Waals surface area contributed by atoms with Gasteiger partial charge < -0.3 is 19.5 Å². The van der Waals surface area contributed by atoms with Crippen LogP contribution in [0.4, 0.5) is 13.6 Å². The van der Waals surface area contributed by atoms with Crippen LogP contribution in [0, 0.1) is 0 Å². The molecule has 2 heterocycles. The number of amides is 1. The molecule has 0 bridgehead atoms. The maximum Gasteiger partial charge on any atom is 0.408 e. The van der Waals surface area contributed by atoms with Crippen molar-refractivity contribution in [3.05, 3.63) is 22.2 Å². The molecule has 1 aromatic carbocycles. The Hall–Kier alpha value is -1.57. The van der Waals surface area contributed by atoms with Crippen LogP contribution in [0.25, 0.3) is 0 Å². The standard InChI is InChI=1S/C11H8BrF2NO4/c12-6-2-8-7(18-4-19-8)1-5(6)9-11(13,14)3-17-10(16)15-9/h1-2,9H,3-4H2,(H,15,16)/t9-/m1/s1. The van der Waals surface area contributed by atoms with E-state index in [4.69, 9.17) is 9.47 Å². The molecule has 1 atom stereocenters. The van der Waals surface area contributed by atoms with Gasteiger partial charge in [0.1, 0.15) is 6.04 Å². The Kier molecular flexibility index (Phi) is 2.77. The molecule has 19 heavy (non-hydrogen) atoms. The van der Waals surface area contributed by atoms with Crippen molar-refractivity contribution in [2.45, 2.75) is 12.0 Å². The summed E-state index contributed by atoms with van der Waals surface area (Å²) in [4.78, 5) is 11.1. The topological polar surface area (TPSA) is 56.8 Å². The third-order valence-corrected chi connectivity index (χ3v) is 3.57. The number of hydrogen-bond acceptors (Lipinski definition) is 4. The van der Waals surface area contributed by atoms with Crippen molar-refractivity contribution in [2.75, 3.05) is 13.4 Å². The first kappa shape index (κ1) is 12.5. The van der Waals surface area contributed by atoms with Crippen LogP contribution in [0.3, 0.4) is 0 Å². The maximum absolute atomic E-state index is 13.8. The average molecular weight is 336 g/mol. The minimum Gasteiger partial charge on any atom is -0.454 e. The second-order valence-electron chi connectivity index (χ2n) is 4.14. The predicted octanol–water partition coefficient (Wildman–Crippen LogP) is 2.59. The highest BCUT2D eigenvalue weighted by Crippen LogP contribution is 2.43. The molecule has 0 saturated carbocycles. The molecular formula is C11H8BrF2NO4. The lowest BCUT2D eigenvalue weighted by Gasteiger charge is -2.32. The summed E-state index contributed by atoms with van der Waals surface area (Å²) in [6.07, 6.45) is -0.875. The number of halogens is 3. The number of rotatable bonds is 1. The molecule has 1 N–H and O–H groups in total. The van der Waals surface area contributed by atoms with Crippen LogP contribution in [0.15, 0.2) is 16.6 Å². The fraction of sp³-hybridized carbons (Fsp3) is 0.364. The van der Waals surface area contributed by atoms with E-state index in [0.29, 0.717) is 16.0 Å². The Bertz CT molecular complexity index is 552. The smallest absolute Gasteiger partial charge is 0.408 e. The average Bonchev–Trinajstić information content (AvgIpc) is 2.78. The van der Waals surface area contributed by atoms with Crippen LogP contribution in [0.1, 0.15) is 11.6 Å². The molecule has 5 nitrogen and oxygen atoms in total. The van der Waals surface area contributed by atoms with Crippen molar-refractivity contribution < 1.29 is 27.8 Å². The molecule has 8 heteroatoms. The van der Waals surface area contributed by atoms with Crippen LogP contribution in [0.5, 0.6) is 11.5 Å². The molecule has 2 aliphatic heterocycles. The number of carbonyl (C=O) groups is 1. The molecule has 3 rings (SSSR count). The Morgan fingerprint density at radius 3 is 2.68 bits per heavy atom. The summed E-state index contributed by atoms with van der Waals surface area (Å²) in [6.45, 7) is -0.911. The van der Waals surface area contributed by atoms with Crippen LogP contribution in [-0.2, 0) is 4.74 Å². The number of alkyl carbamates (subject to hydrolysis) is 1. The van der Waals surface area contributed by atoms with Crippen LogP contribution >= 0.6 is 15.9 Å². The highest BCUT2D eigenvalue weighted by molar-refractivity contribution is 9.10. The van der Waals surface area contributed by atoms with E-state index in [1.807, 2.05) is 0 Å². The van der Waals surface area contributed by atoms with Crippen LogP contribution in [0.2, 0.25) is 0 Å². The van der Waals surface area contributed by atoms with E-state index < -0.39 is 24.7 Å². The van der Waals surface area contributed by atoms with Crippen molar-refractivity contribution in [3.8, 4) is 11.5 Å². The molecule has 1 amide bonds. The quantitative estimate of drug-likeness (QED) is 0.857. The minimum atomic E-state index is -3.20. The summed E-state index contributed by atoms with van der Waals surface area (Å²) in [6, 6.07) is 1.49. The minimum absolute atomic E-state index is 0.0434. The molecule has 1 fully saturated rings. The largest absolute Gasteiger partial charge is 0.454 e. The van der Waals surface area contributed by atoms with Gasteiger partial charge in [-0.3, -0.25) is 0 Å². The molecule has 0 aromatic heterocycles. The SMILES string of the molecule is O=C1N[C@H](c2cc3c(cc2Br)OCO3)C(F)(F)CO1. The number of ether oxygens (including phenoxy) is 3. The summed E-state index contributed by atoms with van der Waals surface area (Å²) < 4.78 is 42.7. The molecule has 0 radical (unpaired) electrons. The lowest BCUT2D eigenvalue weighted by atomic mass is 9.99. The second kappa shape index (κ2) is 4.22. The summed E-state index contributed by atoms with van der Waals surface area (Å²) in [5.41, 5.74) is 0.214. The zero-order valence-corrected chi connectivity index (χ0v) is 11.0. The molecule has 2 aliphatic rings. The number of benzene rings is 1. The molecular weight excluding hydrogens is 328 g/mol. The first-order chi connectivity index (χ1) is 8.97. The van der Waals surface area contributed by atoms with Crippen molar-refractivity contribution in [1.29, 1.82) is 0 Å². The summed E-state index contributed by atoms with van der Waals surface area (Å²) >= 11 is 3.20. The fourth-order valence-electron chi connectivity index (χ4n) is 1.97. The van der Waals surface area contributed by atoms with Crippen molar-refractivity contribution in [2.24, 2.45) is 0 Å². The van der Waals surface area contributed by atoms with Gasteiger partial charge in [-0.15, -0.1) is 0 Å². The van der Waals surface area contributed by atoms with Gasteiger partial charge in [-0.2, -0.15) is 0 Å². The number of fused-ring (bicyclic) bond motifs is 1. The molecule has 0 spiro atoms. The van der Waals surface area contributed by atoms with Gasteiger partial charge >= 0.3 is 12.0 Å². The summed E-state index contributed by atoms with van der Waals surface area (Å²) in [5, 5.41) is 2.12. The lowest BCUT2D eigenvalue weighted by molar-refractivity contribution is -0.104. The van der Waals surface area contributed by atoms with Gasteiger partial charge in [-0.05, 0) is 17.7 Å². The maximum atomic E-state index is 13.8. The molecule has 0 unspecified atom stereocenters. The van der Waals surface area contributed by atoms with E-state index in [1.165, 1.54) is 12.1 Å². The number of carbonyl (C=O) groups excluding carboxylic acids is 1. The highest BCUT2D eigenvalue weighted by atomic mass is 79.9. The molecule has 1 saturated heterocycles. The van der Waals surface area contributed by atoms with E-state index in [1.54, 1.807) is 0 Å². The van der Waals surface area contributed by atoms with E-state index >= 15 is 0 Å². The second-order valence-corrected chi connectivity index (χ2v) is 5.00. The third kappa shape index (κ3) is 2.09. The first-order valence-corrected chi connectivity index (χ1v) is 6.17. The number of hydrogen-bond donors (Lipinski definition) is 1. The Labute approximate surface area is 114 Å². The zero-order valence-electron chi connectivity index (χ0n) is 9.41. The van der Waals surface area contributed by atoms with E-state index in [0.717, 1.165) is 0 Å². The van der Waals surface area contributed by atoms with Crippen molar-refractivity contribution in [1.82, 2.24) is 5.32 Å². The highest BCUT2D eigenvalue weighted by Gasteiger charge is 2.47. The van der Waals surface area contributed by atoms with Crippen molar-refractivity contribution in [3.63, 3.8) is 0 Å². The Morgan fingerprint density at radius 1 is 1.26 bits per heavy atom. The van der Waals surface area contributed by atoms with Gasteiger partial charge in [0.2, 0.25) is 6.79 Å². The van der Waals surface area contributed by atoms with Gasteiger partial charge in [0.25, 0.3) is 0 Å². The predicted molar refractivity (Wildman–Crippen MR) is 62.4 cm³/mol. The van der Waals surface area contributed by atoms with Gasteiger partial charge in [0.15, 0.2) is 18.1 Å². The monoisotopic (exact) mass is 335 g/mol. The summed E-state index contributed by atoms with van der Waals surface area (Å²) in [7, 11) is 0. The summed E-state index contributed by atoms with van der Waals surface area (Å²) in [5.74, 6) is -2.36. The fourth-order valence-corrected chi connectivity index (χ4v) is 2.52. The van der Waals surface area contributed by atoms with Crippen molar-refractivity contribution >= 4 is 22.0 Å². The third-order valence-electron chi connectivity index (χ3n) is 2.88. The van der Waals surface area contributed by atoms with E-state index in [9.17, 15) is 13.6 Å². The zero-order chi connectivity index (χ0) is 13.6. The van der Waals surface area contributed by atoms with Gasteiger partial charge in [0.05, 0.1) is 0 Å². The van der Waals surface area contributed by atoms with Gasteiger partial charge in [0, 0.05) is 4.47 Å². The first-order valence-electron chi connectivity index (χ1n) is 5.37. The van der Waals surface area contributed by atoms with Crippen LogP contribution in [-0.4, -0.2) is 25.4 Å². The normalized spacial score (nSPS) is 23.7. The van der Waals surface area contributed by atoms with Crippen LogP contribution < -0.4 is 14.8 Å². The van der Waals surface area contributed by atoms with E-state index in [-0.39, 0.29) is 12.4 Å². The Balaban J connectivity index is 2.03. The molecule has 102 valence electrons. The number of cyclic esters (lactones) is 1. The number of nitrogens with one attached hydrogen (secondary N) is 1. The Morgan fingerprint density at radius 2 is 1.95 bits per heavy atom. The van der Waals surface area contributed by atoms with Gasteiger partial charge in [-0.25, -0.2) is 13.6 Å². The van der Waals surface area contributed by atoms with E-state index in [2.05, 4.69) is 26.0 Å².